The minimum Gasteiger partial charge on any atom is -0.369 e. The Labute approximate surface area is 117 Å². The molecule has 8 nitrogen and oxygen atoms in total. The van der Waals surface area contributed by atoms with Gasteiger partial charge in [0, 0.05) is 19.7 Å². The fraction of sp³-hybridized carbons (Fsp3) is 0.455. The molecule has 0 saturated carbocycles. The summed E-state index contributed by atoms with van der Waals surface area (Å²) < 4.78 is 22.5. The third-order valence-electron chi connectivity index (χ3n) is 2.80. The number of benzene rings is 1. The second-order valence-electron chi connectivity index (χ2n) is 4.33. The van der Waals surface area contributed by atoms with Gasteiger partial charge in [-0.05, 0) is 32.1 Å². The van der Waals surface area contributed by atoms with Crippen molar-refractivity contribution in [1.29, 1.82) is 0 Å². The summed E-state index contributed by atoms with van der Waals surface area (Å²) in [7, 11) is -0.416. The zero-order valence-electron chi connectivity index (χ0n) is 11.4. The van der Waals surface area contributed by atoms with Gasteiger partial charge in [0.2, 0.25) is 10.0 Å². The predicted molar refractivity (Wildman–Crippen MR) is 76.3 cm³/mol. The van der Waals surface area contributed by atoms with Crippen LogP contribution < -0.4 is 15.4 Å². The van der Waals surface area contributed by atoms with Crippen molar-refractivity contribution in [3.63, 3.8) is 0 Å². The van der Waals surface area contributed by atoms with E-state index in [9.17, 15) is 18.5 Å². The highest BCUT2D eigenvalue weighted by atomic mass is 32.2. The fourth-order valence-corrected chi connectivity index (χ4v) is 2.30. The van der Waals surface area contributed by atoms with E-state index in [1.54, 1.807) is 11.9 Å². The Bertz CT molecular complexity index is 588. The monoisotopic (exact) mass is 302 g/mol. The van der Waals surface area contributed by atoms with E-state index >= 15 is 0 Å². The van der Waals surface area contributed by atoms with Crippen LogP contribution in [0.4, 0.5) is 11.4 Å². The van der Waals surface area contributed by atoms with Gasteiger partial charge in [-0.25, -0.2) is 13.6 Å². The molecule has 0 spiro atoms. The maximum atomic E-state index is 11.2. The van der Waals surface area contributed by atoms with Crippen LogP contribution in [-0.4, -0.2) is 40.5 Å². The van der Waals surface area contributed by atoms with Crippen LogP contribution in [0, 0.1) is 10.1 Å². The summed E-state index contributed by atoms with van der Waals surface area (Å²) in [5, 5.41) is 19.0. The van der Waals surface area contributed by atoms with E-state index in [1.807, 2.05) is 7.05 Å². The second-order valence-corrected chi connectivity index (χ2v) is 5.89. The predicted octanol–water partition coefficient (Wildman–Crippen LogP) is 0.288. The molecule has 0 aliphatic rings. The molecule has 1 rings (SSSR count). The summed E-state index contributed by atoms with van der Waals surface area (Å²) >= 11 is 0. The first kappa shape index (κ1) is 16.3. The highest BCUT2D eigenvalue weighted by Crippen LogP contribution is 2.29. The first-order chi connectivity index (χ1) is 9.27. The highest BCUT2D eigenvalue weighted by molar-refractivity contribution is 7.89. The van der Waals surface area contributed by atoms with E-state index in [4.69, 9.17) is 5.14 Å². The molecule has 0 amide bonds. The van der Waals surface area contributed by atoms with Crippen molar-refractivity contribution < 1.29 is 13.3 Å². The van der Waals surface area contributed by atoms with E-state index < -0.39 is 14.9 Å². The first-order valence-electron chi connectivity index (χ1n) is 5.94. The van der Waals surface area contributed by atoms with Gasteiger partial charge >= 0.3 is 0 Å². The Balaban J connectivity index is 3.11. The molecule has 0 unspecified atom stereocenters. The number of primary sulfonamides is 1. The number of nitrogens with zero attached hydrogens (tertiary/aromatic N) is 2. The number of hydrogen-bond acceptors (Lipinski definition) is 6. The van der Waals surface area contributed by atoms with Crippen molar-refractivity contribution in [1.82, 2.24) is 5.32 Å². The minimum absolute atomic E-state index is 0.267. The molecule has 3 N–H and O–H groups in total. The van der Waals surface area contributed by atoms with Gasteiger partial charge in [-0.1, -0.05) is 0 Å². The minimum atomic E-state index is -3.96. The summed E-state index contributed by atoms with van der Waals surface area (Å²) in [4.78, 5) is 11.9. The number of anilines is 1. The smallest absolute Gasteiger partial charge is 0.293 e. The standard InChI is InChI=1S/C11H18N4O4S/c1-13-6-3-7-14(2)10-5-4-9(20(12,18)19)8-11(10)15(16)17/h4-5,8,13H,3,6-7H2,1-2H3,(H2,12,18,19). The number of hydrogen-bond donors (Lipinski definition) is 2. The fourth-order valence-electron chi connectivity index (χ4n) is 1.76. The molecule has 112 valence electrons. The van der Waals surface area contributed by atoms with E-state index in [2.05, 4.69) is 5.32 Å². The van der Waals surface area contributed by atoms with Crippen LogP contribution >= 0.6 is 0 Å². The average Bonchev–Trinajstić information content (AvgIpc) is 2.37. The topological polar surface area (TPSA) is 119 Å². The SMILES string of the molecule is CNCCCN(C)c1ccc(S(N)(=O)=O)cc1[N+](=O)[O-]. The molecular formula is C11H18N4O4S. The quantitative estimate of drug-likeness (QED) is 0.424. The average molecular weight is 302 g/mol. The number of nitrogens with one attached hydrogen (secondary N) is 1. The lowest BCUT2D eigenvalue weighted by Gasteiger charge is -2.19. The number of nitro groups is 1. The van der Waals surface area contributed by atoms with Crippen LogP contribution in [0.2, 0.25) is 0 Å². The van der Waals surface area contributed by atoms with Gasteiger partial charge in [0.1, 0.15) is 5.69 Å². The lowest BCUT2D eigenvalue weighted by Crippen LogP contribution is -2.23. The van der Waals surface area contributed by atoms with E-state index in [0.29, 0.717) is 12.2 Å². The Morgan fingerprint density at radius 1 is 1.45 bits per heavy atom. The number of rotatable bonds is 7. The molecule has 1 aromatic carbocycles. The van der Waals surface area contributed by atoms with Gasteiger partial charge < -0.3 is 10.2 Å². The zero-order chi connectivity index (χ0) is 15.3. The normalized spacial score (nSPS) is 11.3. The van der Waals surface area contributed by atoms with Crippen LogP contribution in [0.15, 0.2) is 23.1 Å². The van der Waals surface area contributed by atoms with Gasteiger partial charge in [-0.2, -0.15) is 0 Å². The number of nitrogens with two attached hydrogens (primary N) is 1. The molecule has 9 heteroatoms. The van der Waals surface area contributed by atoms with Gasteiger partial charge in [-0.3, -0.25) is 10.1 Å². The van der Waals surface area contributed by atoms with Crippen LogP contribution in [0.1, 0.15) is 6.42 Å². The van der Waals surface area contributed by atoms with Crippen molar-refractivity contribution >= 4 is 21.4 Å². The summed E-state index contributed by atoms with van der Waals surface area (Å²) in [6, 6.07) is 3.66. The van der Waals surface area contributed by atoms with E-state index in [1.165, 1.54) is 12.1 Å². The number of nitro benzene ring substituents is 1. The summed E-state index contributed by atoms with van der Waals surface area (Å²) in [5.74, 6) is 0. The molecule has 0 aromatic heterocycles. The van der Waals surface area contributed by atoms with E-state index in [0.717, 1.165) is 19.0 Å². The Kier molecular flexibility index (Phi) is 5.43. The summed E-state index contributed by atoms with van der Waals surface area (Å²) in [6.07, 6.45) is 0.807. The Morgan fingerprint density at radius 2 is 2.10 bits per heavy atom. The third kappa shape index (κ3) is 4.15. The van der Waals surface area contributed by atoms with Gasteiger partial charge in [0.15, 0.2) is 0 Å². The molecule has 0 aliphatic heterocycles. The highest BCUT2D eigenvalue weighted by Gasteiger charge is 2.21. The maximum absolute atomic E-state index is 11.2. The van der Waals surface area contributed by atoms with Crippen molar-refractivity contribution in [2.45, 2.75) is 11.3 Å². The molecule has 0 radical (unpaired) electrons. The van der Waals surface area contributed by atoms with Gasteiger partial charge in [0.05, 0.1) is 9.82 Å². The molecule has 0 heterocycles. The molecule has 0 fully saturated rings. The van der Waals surface area contributed by atoms with Crippen LogP contribution in [0.25, 0.3) is 0 Å². The molecule has 0 aliphatic carbocycles. The van der Waals surface area contributed by atoms with Crippen LogP contribution in [-0.2, 0) is 10.0 Å². The van der Waals surface area contributed by atoms with Crippen molar-refractivity contribution in [3.05, 3.63) is 28.3 Å². The van der Waals surface area contributed by atoms with Gasteiger partial charge in [-0.15, -0.1) is 0 Å². The first-order valence-corrected chi connectivity index (χ1v) is 7.49. The van der Waals surface area contributed by atoms with Crippen molar-refractivity contribution in [2.24, 2.45) is 5.14 Å². The molecule has 1 aromatic rings. The summed E-state index contributed by atoms with van der Waals surface area (Å²) in [6.45, 7) is 1.39. The lowest BCUT2D eigenvalue weighted by molar-refractivity contribution is -0.384. The Morgan fingerprint density at radius 3 is 2.60 bits per heavy atom. The van der Waals surface area contributed by atoms with E-state index in [-0.39, 0.29) is 10.6 Å². The van der Waals surface area contributed by atoms with Crippen LogP contribution in [0.3, 0.4) is 0 Å². The van der Waals surface area contributed by atoms with Gasteiger partial charge in [0.25, 0.3) is 5.69 Å². The molecule has 0 bridgehead atoms. The lowest BCUT2D eigenvalue weighted by atomic mass is 10.2. The summed E-state index contributed by atoms with van der Waals surface area (Å²) in [5.41, 5.74) is 0.0852. The third-order valence-corrected chi connectivity index (χ3v) is 3.71. The van der Waals surface area contributed by atoms with Crippen LogP contribution in [0.5, 0.6) is 0 Å². The molecule has 0 atom stereocenters. The van der Waals surface area contributed by atoms with Crippen molar-refractivity contribution in [3.8, 4) is 0 Å². The molecular weight excluding hydrogens is 284 g/mol. The molecule has 0 saturated heterocycles. The molecule has 20 heavy (non-hydrogen) atoms. The number of sulfonamides is 1. The zero-order valence-corrected chi connectivity index (χ0v) is 12.2. The maximum Gasteiger partial charge on any atom is 0.293 e. The Hall–Kier alpha value is -1.71. The van der Waals surface area contributed by atoms with Crippen molar-refractivity contribution in [2.75, 3.05) is 32.1 Å². The largest absolute Gasteiger partial charge is 0.369 e. The second kappa shape index (κ2) is 6.64.